The highest BCUT2D eigenvalue weighted by atomic mass is 14.9. The molecule has 2 fully saturated rings. The van der Waals surface area contributed by atoms with Gasteiger partial charge in [0, 0.05) is 12.1 Å². The zero-order valence-electron chi connectivity index (χ0n) is 14.8. The van der Waals surface area contributed by atoms with Crippen LogP contribution in [-0.4, -0.2) is 12.1 Å². The summed E-state index contributed by atoms with van der Waals surface area (Å²) < 4.78 is 0. The maximum Gasteiger partial charge on any atom is 0.00700 e. The third-order valence-electron chi connectivity index (χ3n) is 5.92. The molecule has 0 bridgehead atoms. The highest BCUT2D eigenvalue weighted by Crippen LogP contribution is 2.35. The van der Waals surface area contributed by atoms with E-state index in [0.29, 0.717) is 5.41 Å². The Balaban J connectivity index is 1.72. The van der Waals surface area contributed by atoms with Crippen LogP contribution in [0.25, 0.3) is 0 Å². The Morgan fingerprint density at radius 3 is 1.43 bits per heavy atom. The average Bonchev–Trinajstić information content (AvgIpc) is 2.44. The molecule has 0 aromatic rings. The van der Waals surface area contributed by atoms with Crippen LogP contribution in [0, 0.1) is 5.41 Å². The first-order valence-electron chi connectivity index (χ1n) is 9.92. The van der Waals surface area contributed by atoms with Crippen LogP contribution in [0.1, 0.15) is 110 Å². The molecular weight excluding hydrogens is 254 g/mol. The summed E-state index contributed by atoms with van der Waals surface area (Å²) >= 11 is 0. The summed E-state index contributed by atoms with van der Waals surface area (Å²) in [4.78, 5) is 0. The van der Waals surface area contributed by atoms with Gasteiger partial charge in [0.15, 0.2) is 0 Å². The first-order chi connectivity index (χ1) is 10.2. The molecule has 0 saturated heterocycles. The first kappa shape index (κ1) is 17.3. The van der Waals surface area contributed by atoms with Crippen LogP contribution in [0.15, 0.2) is 0 Å². The summed E-state index contributed by atoms with van der Waals surface area (Å²) in [6.07, 6.45) is 21.7. The third kappa shape index (κ3) is 7.17. The van der Waals surface area contributed by atoms with Gasteiger partial charge in [-0.25, -0.2) is 0 Å². The van der Waals surface area contributed by atoms with Crippen molar-refractivity contribution in [2.24, 2.45) is 5.41 Å². The molecule has 1 heteroatoms. The Hall–Kier alpha value is -0.0400. The highest BCUT2D eigenvalue weighted by Gasteiger charge is 2.27. The minimum absolute atomic E-state index is 0.602. The maximum atomic E-state index is 4.05. The molecule has 0 aromatic heterocycles. The predicted octanol–water partition coefficient (Wildman–Crippen LogP) is 6.22. The molecule has 0 atom stereocenters. The van der Waals surface area contributed by atoms with E-state index in [4.69, 9.17) is 0 Å². The van der Waals surface area contributed by atoms with Crippen LogP contribution >= 0.6 is 0 Å². The molecule has 0 radical (unpaired) electrons. The van der Waals surface area contributed by atoms with Crippen molar-refractivity contribution in [1.82, 2.24) is 5.32 Å². The molecule has 0 amide bonds. The Bertz CT molecular complexity index is 249. The van der Waals surface area contributed by atoms with Gasteiger partial charge in [-0.2, -0.15) is 0 Å². The molecule has 2 saturated carbocycles. The molecule has 21 heavy (non-hydrogen) atoms. The molecule has 2 aliphatic rings. The topological polar surface area (TPSA) is 12.0 Å². The van der Waals surface area contributed by atoms with Gasteiger partial charge in [0.1, 0.15) is 0 Å². The first-order valence-corrected chi connectivity index (χ1v) is 9.92. The second-order valence-electron chi connectivity index (χ2n) is 8.56. The van der Waals surface area contributed by atoms with E-state index in [-0.39, 0.29) is 0 Å². The average molecular weight is 294 g/mol. The summed E-state index contributed by atoms with van der Waals surface area (Å²) in [5.41, 5.74) is 0.602. The predicted molar refractivity (Wildman–Crippen MR) is 93.7 cm³/mol. The number of hydrogen-bond acceptors (Lipinski definition) is 1. The van der Waals surface area contributed by atoms with Crippen molar-refractivity contribution in [3.05, 3.63) is 0 Å². The van der Waals surface area contributed by atoms with Crippen LogP contribution in [0.5, 0.6) is 0 Å². The van der Waals surface area contributed by atoms with E-state index in [9.17, 15) is 0 Å². The van der Waals surface area contributed by atoms with E-state index in [0.717, 1.165) is 12.1 Å². The normalized spacial score (nSPS) is 27.7. The molecule has 0 heterocycles. The maximum absolute atomic E-state index is 4.05. The molecule has 2 rings (SSSR count). The van der Waals surface area contributed by atoms with Gasteiger partial charge in [-0.15, -0.1) is 0 Å². The number of hydrogen-bond donors (Lipinski definition) is 1. The van der Waals surface area contributed by atoms with Crippen molar-refractivity contribution in [2.75, 3.05) is 0 Å². The van der Waals surface area contributed by atoms with Gasteiger partial charge >= 0.3 is 0 Å². The van der Waals surface area contributed by atoms with Crippen LogP contribution in [-0.2, 0) is 0 Å². The quantitative estimate of drug-likeness (QED) is 0.637. The SMILES string of the molecule is CC1(C)CCC(NC2CCCCCCCCCCC2)CC1. The second-order valence-corrected chi connectivity index (χ2v) is 8.56. The van der Waals surface area contributed by atoms with E-state index in [2.05, 4.69) is 19.2 Å². The highest BCUT2D eigenvalue weighted by molar-refractivity contribution is 4.84. The lowest BCUT2D eigenvalue weighted by Gasteiger charge is -2.36. The Morgan fingerprint density at radius 2 is 0.952 bits per heavy atom. The zero-order chi connectivity index (χ0) is 15.0. The van der Waals surface area contributed by atoms with Gasteiger partial charge in [0.25, 0.3) is 0 Å². The monoisotopic (exact) mass is 293 g/mol. The number of nitrogens with one attached hydrogen (secondary N) is 1. The second kappa shape index (κ2) is 9.18. The Labute approximate surface area is 133 Å². The fraction of sp³-hybridized carbons (Fsp3) is 1.00. The summed E-state index contributed by atoms with van der Waals surface area (Å²) in [5, 5.41) is 4.05. The largest absolute Gasteiger partial charge is 0.311 e. The third-order valence-corrected chi connectivity index (χ3v) is 5.92. The van der Waals surface area contributed by atoms with Crippen LogP contribution in [0.4, 0.5) is 0 Å². The standard InChI is InChI=1S/C20H39N/c1-20(2)16-14-19(15-17-20)21-18-12-10-8-6-4-3-5-7-9-11-13-18/h18-19,21H,3-17H2,1-2H3. The molecule has 1 N–H and O–H groups in total. The Kier molecular flexibility index (Phi) is 7.57. The van der Waals surface area contributed by atoms with Crippen molar-refractivity contribution in [1.29, 1.82) is 0 Å². The van der Waals surface area contributed by atoms with Crippen molar-refractivity contribution >= 4 is 0 Å². The zero-order valence-corrected chi connectivity index (χ0v) is 14.8. The van der Waals surface area contributed by atoms with Crippen molar-refractivity contribution in [2.45, 2.75) is 122 Å². The van der Waals surface area contributed by atoms with Crippen molar-refractivity contribution in [3.63, 3.8) is 0 Å². The van der Waals surface area contributed by atoms with E-state index in [1.54, 1.807) is 0 Å². The molecular formula is C20H39N. The molecule has 2 aliphatic carbocycles. The van der Waals surface area contributed by atoms with Gasteiger partial charge in [0.05, 0.1) is 0 Å². The van der Waals surface area contributed by atoms with E-state index >= 15 is 0 Å². The van der Waals surface area contributed by atoms with Crippen LogP contribution in [0.2, 0.25) is 0 Å². The van der Waals surface area contributed by atoms with Gasteiger partial charge in [-0.3, -0.25) is 0 Å². The van der Waals surface area contributed by atoms with Crippen molar-refractivity contribution in [3.8, 4) is 0 Å². The fourth-order valence-corrected chi connectivity index (χ4v) is 4.23. The summed E-state index contributed by atoms with van der Waals surface area (Å²) in [5.74, 6) is 0. The lowest BCUT2D eigenvalue weighted by Crippen LogP contribution is -2.41. The molecule has 0 unspecified atom stereocenters. The fourth-order valence-electron chi connectivity index (χ4n) is 4.23. The van der Waals surface area contributed by atoms with Crippen molar-refractivity contribution < 1.29 is 0 Å². The molecule has 124 valence electrons. The van der Waals surface area contributed by atoms with Gasteiger partial charge in [0.2, 0.25) is 0 Å². The van der Waals surface area contributed by atoms with Gasteiger partial charge < -0.3 is 5.32 Å². The lowest BCUT2D eigenvalue weighted by molar-refractivity contribution is 0.193. The minimum atomic E-state index is 0.602. The summed E-state index contributed by atoms with van der Waals surface area (Å²) in [7, 11) is 0. The van der Waals surface area contributed by atoms with E-state index in [1.165, 1.54) is 96.3 Å². The minimum Gasteiger partial charge on any atom is -0.311 e. The Morgan fingerprint density at radius 1 is 0.571 bits per heavy atom. The van der Waals surface area contributed by atoms with Gasteiger partial charge in [-0.1, -0.05) is 71.6 Å². The van der Waals surface area contributed by atoms with Crippen LogP contribution in [0.3, 0.4) is 0 Å². The number of rotatable bonds is 2. The van der Waals surface area contributed by atoms with Gasteiger partial charge in [-0.05, 0) is 43.9 Å². The van der Waals surface area contributed by atoms with Crippen LogP contribution < -0.4 is 5.32 Å². The molecule has 0 aliphatic heterocycles. The molecule has 0 aromatic carbocycles. The smallest absolute Gasteiger partial charge is 0.00700 e. The van der Waals surface area contributed by atoms with E-state index in [1.807, 2.05) is 0 Å². The molecule has 0 spiro atoms. The lowest BCUT2D eigenvalue weighted by atomic mass is 9.75. The van der Waals surface area contributed by atoms with E-state index < -0.39 is 0 Å². The summed E-state index contributed by atoms with van der Waals surface area (Å²) in [6, 6.07) is 1.63. The summed E-state index contributed by atoms with van der Waals surface area (Å²) in [6.45, 7) is 4.89. The molecule has 1 nitrogen and oxygen atoms in total.